The first-order chi connectivity index (χ1) is 10.1. The number of carbonyl (C=O) groups excluding carboxylic acids is 2. The van der Waals surface area contributed by atoms with Crippen molar-refractivity contribution in [1.29, 1.82) is 0 Å². The van der Waals surface area contributed by atoms with Gasteiger partial charge in [-0.1, -0.05) is 0 Å². The van der Waals surface area contributed by atoms with E-state index >= 15 is 0 Å². The number of nitrogens with one attached hydrogen (secondary N) is 2. The second-order valence-corrected chi connectivity index (χ2v) is 6.75. The molecule has 4 rings (SSSR count). The molecule has 0 aromatic heterocycles. The monoisotopic (exact) mass is 293 g/mol. The van der Waals surface area contributed by atoms with Crippen LogP contribution in [-0.2, 0) is 9.59 Å². The Balaban J connectivity index is 1.42. The molecule has 3 saturated carbocycles. The Morgan fingerprint density at radius 3 is 2.52 bits per heavy atom. The fraction of sp³-hybridized carbons (Fsp3) is 0.786. The third-order valence-electron chi connectivity index (χ3n) is 5.75. The van der Waals surface area contributed by atoms with E-state index in [-0.39, 0.29) is 25.0 Å². The Labute approximate surface area is 122 Å². The highest BCUT2D eigenvalue weighted by molar-refractivity contribution is 5.90. The highest BCUT2D eigenvalue weighted by atomic mass is 16.4. The van der Waals surface area contributed by atoms with E-state index in [0.29, 0.717) is 11.8 Å². The van der Waals surface area contributed by atoms with Gasteiger partial charge in [0.25, 0.3) is 0 Å². The minimum absolute atomic E-state index is 0.0235. The largest absolute Gasteiger partial charge is 0.480 e. The molecule has 7 nitrogen and oxygen atoms in total. The topological polar surface area (TPSA) is 98.7 Å². The Morgan fingerprint density at radius 2 is 1.90 bits per heavy atom. The van der Waals surface area contributed by atoms with E-state index in [0.717, 1.165) is 16.7 Å². The molecule has 2 bridgehead atoms. The maximum absolute atomic E-state index is 12.3. The predicted molar refractivity (Wildman–Crippen MR) is 71.3 cm³/mol. The lowest BCUT2D eigenvalue weighted by molar-refractivity contribution is -0.144. The van der Waals surface area contributed by atoms with Gasteiger partial charge in [0.2, 0.25) is 5.91 Å². The van der Waals surface area contributed by atoms with Crippen LogP contribution in [0.25, 0.3) is 0 Å². The number of aliphatic carboxylic acids is 1. The van der Waals surface area contributed by atoms with Crippen LogP contribution < -0.4 is 10.6 Å². The van der Waals surface area contributed by atoms with Gasteiger partial charge in [0.1, 0.15) is 12.6 Å². The summed E-state index contributed by atoms with van der Waals surface area (Å²) in [6.45, 7) is -0.206. The molecule has 5 atom stereocenters. The van der Waals surface area contributed by atoms with Crippen LogP contribution in [0.15, 0.2) is 0 Å². The van der Waals surface area contributed by atoms with Crippen molar-refractivity contribution in [2.45, 2.75) is 31.3 Å². The molecule has 1 saturated heterocycles. The van der Waals surface area contributed by atoms with Gasteiger partial charge in [-0.15, -0.1) is 0 Å². The number of fused-ring (bicyclic) bond motifs is 5. The number of piperazine rings is 1. The Kier molecular flexibility index (Phi) is 2.68. The van der Waals surface area contributed by atoms with Crippen molar-refractivity contribution in [2.24, 2.45) is 23.7 Å². The molecule has 4 fully saturated rings. The lowest BCUT2D eigenvalue weighted by Gasteiger charge is -2.33. The molecule has 1 heterocycles. The van der Waals surface area contributed by atoms with Gasteiger partial charge < -0.3 is 15.7 Å². The van der Waals surface area contributed by atoms with Gasteiger partial charge in [0.15, 0.2) is 0 Å². The molecule has 0 spiro atoms. The zero-order chi connectivity index (χ0) is 14.7. The summed E-state index contributed by atoms with van der Waals surface area (Å²) in [5.41, 5.74) is 0. The van der Waals surface area contributed by atoms with E-state index in [2.05, 4.69) is 10.6 Å². The number of carbonyl (C=O) groups is 3. The second-order valence-electron chi connectivity index (χ2n) is 6.75. The van der Waals surface area contributed by atoms with Gasteiger partial charge in [0, 0.05) is 12.6 Å². The van der Waals surface area contributed by atoms with Crippen LogP contribution in [0, 0.1) is 23.7 Å². The first-order valence-corrected chi connectivity index (χ1v) is 7.63. The Bertz CT molecular complexity index is 506. The van der Waals surface area contributed by atoms with Crippen molar-refractivity contribution in [2.75, 3.05) is 13.1 Å². The summed E-state index contributed by atoms with van der Waals surface area (Å²) >= 11 is 0. The third kappa shape index (κ3) is 1.90. The maximum Gasteiger partial charge on any atom is 0.328 e. The summed E-state index contributed by atoms with van der Waals surface area (Å²) in [4.78, 5) is 36.1. The molecule has 21 heavy (non-hydrogen) atoms. The predicted octanol–water partition coefficient (Wildman–Crippen LogP) is -0.374. The minimum Gasteiger partial charge on any atom is -0.480 e. The van der Waals surface area contributed by atoms with Crippen LogP contribution in [0.5, 0.6) is 0 Å². The average molecular weight is 293 g/mol. The zero-order valence-corrected chi connectivity index (χ0v) is 11.6. The molecule has 114 valence electrons. The number of carboxylic acids is 1. The number of hydrogen-bond acceptors (Lipinski definition) is 3. The first kappa shape index (κ1) is 12.9. The zero-order valence-electron chi connectivity index (χ0n) is 11.6. The highest BCUT2D eigenvalue weighted by Gasteiger charge is 2.65. The van der Waals surface area contributed by atoms with Crippen molar-refractivity contribution >= 4 is 17.9 Å². The van der Waals surface area contributed by atoms with Gasteiger partial charge in [0.05, 0.1) is 0 Å². The van der Waals surface area contributed by atoms with Crippen molar-refractivity contribution in [1.82, 2.24) is 15.5 Å². The van der Waals surface area contributed by atoms with E-state index in [1.54, 1.807) is 0 Å². The fourth-order valence-electron chi connectivity index (χ4n) is 4.82. The van der Waals surface area contributed by atoms with Crippen molar-refractivity contribution < 1.29 is 19.5 Å². The van der Waals surface area contributed by atoms with Gasteiger partial charge in [-0.2, -0.15) is 0 Å². The number of nitrogens with zero attached hydrogens (tertiary/aromatic N) is 1. The summed E-state index contributed by atoms with van der Waals surface area (Å²) in [7, 11) is 0. The number of rotatable bonds is 2. The summed E-state index contributed by atoms with van der Waals surface area (Å²) in [5, 5.41) is 14.6. The Morgan fingerprint density at radius 1 is 1.24 bits per heavy atom. The average Bonchev–Trinajstić information content (AvgIpc) is 2.83. The minimum atomic E-state index is -1.08. The van der Waals surface area contributed by atoms with Crippen LogP contribution >= 0.6 is 0 Å². The quantitative estimate of drug-likeness (QED) is 0.646. The third-order valence-corrected chi connectivity index (χ3v) is 5.75. The molecule has 3 amide bonds. The van der Waals surface area contributed by atoms with Crippen LogP contribution in [0.4, 0.5) is 4.79 Å². The molecule has 0 aromatic rings. The number of urea groups is 1. The summed E-state index contributed by atoms with van der Waals surface area (Å²) in [6, 6.07) is -1.18. The van der Waals surface area contributed by atoms with E-state index in [1.807, 2.05) is 0 Å². The van der Waals surface area contributed by atoms with E-state index in [9.17, 15) is 19.5 Å². The Hall–Kier alpha value is -1.79. The number of amides is 3. The molecular formula is C14H19N3O4. The molecule has 4 aliphatic rings. The van der Waals surface area contributed by atoms with E-state index < -0.39 is 18.0 Å². The van der Waals surface area contributed by atoms with Crippen molar-refractivity contribution in [3.8, 4) is 0 Å². The molecule has 5 unspecified atom stereocenters. The number of carboxylic acid groups (broad SMARTS) is 1. The molecule has 3 aliphatic carbocycles. The molecule has 0 aromatic carbocycles. The molecule has 1 aliphatic heterocycles. The van der Waals surface area contributed by atoms with Crippen LogP contribution in [0.1, 0.15) is 19.3 Å². The normalized spacial score (nSPS) is 43.2. The molecular weight excluding hydrogens is 274 g/mol. The molecule has 3 N–H and O–H groups in total. The maximum atomic E-state index is 12.3. The fourth-order valence-corrected chi connectivity index (χ4v) is 4.82. The van der Waals surface area contributed by atoms with Crippen molar-refractivity contribution in [3.63, 3.8) is 0 Å². The van der Waals surface area contributed by atoms with Gasteiger partial charge in [-0.25, -0.2) is 9.59 Å². The standard InChI is InChI=1S/C14H19N3O4/c18-9-5-17(8(4-15-9)13(19)20)14(21)16-12-10-6-1-2-7(3-6)11(10)12/h6-8,10-12H,1-5H2,(H,15,18)(H,16,21)(H,19,20). The molecule has 0 radical (unpaired) electrons. The smallest absolute Gasteiger partial charge is 0.328 e. The second kappa shape index (κ2) is 4.35. The van der Waals surface area contributed by atoms with E-state index in [4.69, 9.17) is 0 Å². The van der Waals surface area contributed by atoms with Gasteiger partial charge >= 0.3 is 12.0 Å². The summed E-state index contributed by atoms with van der Waals surface area (Å²) < 4.78 is 0. The summed E-state index contributed by atoms with van der Waals surface area (Å²) in [5.74, 6) is 1.28. The highest BCUT2D eigenvalue weighted by Crippen LogP contribution is 2.65. The van der Waals surface area contributed by atoms with Gasteiger partial charge in [-0.3, -0.25) is 9.69 Å². The first-order valence-electron chi connectivity index (χ1n) is 7.63. The lowest BCUT2D eigenvalue weighted by Crippen LogP contribution is -2.61. The van der Waals surface area contributed by atoms with E-state index in [1.165, 1.54) is 19.3 Å². The molecule has 7 heteroatoms. The SMILES string of the molecule is O=C1CN(C(=O)NC2C3C4CCC(C4)C23)C(C(=O)O)CN1. The van der Waals surface area contributed by atoms with Crippen LogP contribution in [0.3, 0.4) is 0 Å². The lowest BCUT2D eigenvalue weighted by atomic mass is 10.0. The number of hydrogen-bond donors (Lipinski definition) is 3. The van der Waals surface area contributed by atoms with Gasteiger partial charge in [-0.05, 0) is 42.9 Å². The van der Waals surface area contributed by atoms with Crippen LogP contribution in [-0.4, -0.2) is 53.1 Å². The van der Waals surface area contributed by atoms with Crippen LogP contribution in [0.2, 0.25) is 0 Å². The summed E-state index contributed by atoms with van der Waals surface area (Å²) in [6.07, 6.45) is 3.83. The van der Waals surface area contributed by atoms with Crippen molar-refractivity contribution in [3.05, 3.63) is 0 Å².